The van der Waals surface area contributed by atoms with Crippen molar-refractivity contribution in [2.45, 2.75) is 44.5 Å². The van der Waals surface area contributed by atoms with E-state index >= 15 is 0 Å². The number of aliphatic hydroxyl groups excluding tert-OH is 1. The number of hydrogen-bond donors (Lipinski definition) is 1. The lowest BCUT2D eigenvalue weighted by molar-refractivity contribution is -0.209. The molecule has 8 heteroatoms. The number of amides is 1. The zero-order valence-corrected chi connectivity index (χ0v) is 13.6. The van der Waals surface area contributed by atoms with E-state index in [0.717, 1.165) is 25.9 Å². The van der Waals surface area contributed by atoms with E-state index in [0.29, 0.717) is 26.2 Å². The van der Waals surface area contributed by atoms with Crippen LogP contribution < -0.4 is 0 Å². The van der Waals surface area contributed by atoms with E-state index in [9.17, 15) is 18.0 Å². The van der Waals surface area contributed by atoms with Gasteiger partial charge < -0.3 is 10.0 Å². The topological polar surface area (TPSA) is 47.0 Å². The maximum atomic E-state index is 12.5. The summed E-state index contributed by atoms with van der Waals surface area (Å²) in [5.41, 5.74) is 0. The summed E-state index contributed by atoms with van der Waals surface area (Å²) in [6, 6.07) is -0.234. The first kappa shape index (κ1) is 18.5. The fourth-order valence-electron chi connectivity index (χ4n) is 3.22. The van der Waals surface area contributed by atoms with Gasteiger partial charge >= 0.3 is 6.18 Å². The van der Waals surface area contributed by atoms with Crippen molar-refractivity contribution in [2.24, 2.45) is 0 Å². The predicted molar refractivity (Wildman–Crippen MR) is 80.0 cm³/mol. The van der Waals surface area contributed by atoms with E-state index in [1.54, 1.807) is 4.90 Å². The Morgan fingerprint density at radius 2 is 1.61 bits per heavy atom. The van der Waals surface area contributed by atoms with Crippen molar-refractivity contribution >= 4 is 5.91 Å². The third kappa shape index (κ3) is 5.06. The summed E-state index contributed by atoms with van der Waals surface area (Å²) >= 11 is 0. The number of piperidine rings is 1. The number of halogens is 3. The molecule has 0 aromatic heterocycles. The molecule has 134 valence electrons. The standard InChI is InChI=1S/C15H26F3N3O2/c1-12(14(23)21-5-3-2-4-6-21)20-9-7-19(8-10-20)11-13(22)15(16,17)18/h12-13,22H,2-11H2,1H3/t12-,13+/m1/s1. The second-order valence-corrected chi connectivity index (χ2v) is 6.46. The highest BCUT2D eigenvalue weighted by Crippen LogP contribution is 2.21. The van der Waals surface area contributed by atoms with Gasteiger partial charge in [0.05, 0.1) is 6.04 Å². The Labute approximate surface area is 135 Å². The quantitative estimate of drug-likeness (QED) is 0.829. The number of nitrogens with zero attached hydrogens (tertiary/aromatic N) is 3. The van der Waals surface area contributed by atoms with Crippen molar-refractivity contribution in [3.63, 3.8) is 0 Å². The van der Waals surface area contributed by atoms with Crippen LogP contribution in [0.5, 0.6) is 0 Å². The molecule has 2 aliphatic rings. The molecule has 1 amide bonds. The van der Waals surface area contributed by atoms with Crippen LogP contribution in [-0.2, 0) is 4.79 Å². The van der Waals surface area contributed by atoms with E-state index < -0.39 is 18.8 Å². The molecule has 2 aliphatic heterocycles. The summed E-state index contributed by atoms with van der Waals surface area (Å²) in [6.07, 6.45) is -3.63. The molecule has 0 bridgehead atoms. The number of piperazine rings is 1. The van der Waals surface area contributed by atoms with E-state index in [1.165, 1.54) is 6.42 Å². The van der Waals surface area contributed by atoms with Gasteiger partial charge in [0.15, 0.2) is 6.10 Å². The zero-order chi connectivity index (χ0) is 17.0. The van der Waals surface area contributed by atoms with E-state index in [1.807, 2.05) is 16.7 Å². The van der Waals surface area contributed by atoms with Crippen LogP contribution in [0.3, 0.4) is 0 Å². The molecule has 2 fully saturated rings. The second-order valence-electron chi connectivity index (χ2n) is 6.46. The van der Waals surface area contributed by atoms with Crippen LogP contribution in [-0.4, -0.2) is 89.8 Å². The number of likely N-dealkylation sites (tertiary alicyclic amines) is 1. The van der Waals surface area contributed by atoms with Gasteiger partial charge in [-0.05, 0) is 26.2 Å². The van der Waals surface area contributed by atoms with Crippen molar-refractivity contribution in [2.75, 3.05) is 45.8 Å². The Morgan fingerprint density at radius 1 is 1.04 bits per heavy atom. The van der Waals surface area contributed by atoms with Crippen LogP contribution in [0.2, 0.25) is 0 Å². The third-order valence-corrected chi connectivity index (χ3v) is 4.79. The van der Waals surface area contributed by atoms with Crippen molar-refractivity contribution in [1.82, 2.24) is 14.7 Å². The summed E-state index contributed by atoms with van der Waals surface area (Å²) in [5, 5.41) is 9.13. The Balaban J connectivity index is 1.78. The van der Waals surface area contributed by atoms with E-state index in [4.69, 9.17) is 5.11 Å². The first-order chi connectivity index (χ1) is 10.8. The SMILES string of the molecule is C[C@H](C(=O)N1CCCCC1)N1CCN(C[C@H](O)C(F)(F)F)CC1. The van der Waals surface area contributed by atoms with Crippen molar-refractivity contribution in [1.29, 1.82) is 0 Å². The monoisotopic (exact) mass is 337 g/mol. The molecule has 23 heavy (non-hydrogen) atoms. The molecule has 1 N–H and O–H groups in total. The van der Waals surface area contributed by atoms with Crippen LogP contribution >= 0.6 is 0 Å². The first-order valence-corrected chi connectivity index (χ1v) is 8.29. The summed E-state index contributed by atoms with van der Waals surface area (Å²) in [7, 11) is 0. The number of β-amino-alcohol motifs (C(OH)–C–C–N with tert-alkyl or cyclic N) is 1. The number of hydrogen-bond acceptors (Lipinski definition) is 4. The molecular formula is C15H26F3N3O2. The molecule has 5 nitrogen and oxygen atoms in total. The fraction of sp³-hybridized carbons (Fsp3) is 0.933. The minimum atomic E-state index is -4.57. The van der Waals surface area contributed by atoms with E-state index in [2.05, 4.69) is 0 Å². The Kier molecular flexibility index (Phi) is 6.27. The smallest absolute Gasteiger partial charge is 0.382 e. The third-order valence-electron chi connectivity index (χ3n) is 4.79. The minimum Gasteiger partial charge on any atom is -0.382 e. The van der Waals surface area contributed by atoms with Crippen LogP contribution in [0.1, 0.15) is 26.2 Å². The van der Waals surface area contributed by atoms with Gasteiger partial charge in [0.25, 0.3) is 0 Å². The highest BCUT2D eigenvalue weighted by Gasteiger charge is 2.40. The van der Waals surface area contributed by atoms with Crippen molar-refractivity contribution < 1.29 is 23.1 Å². The number of alkyl halides is 3. The van der Waals surface area contributed by atoms with Gasteiger partial charge in [-0.15, -0.1) is 0 Å². The number of rotatable bonds is 4. The van der Waals surface area contributed by atoms with Gasteiger partial charge in [-0.2, -0.15) is 13.2 Å². The molecule has 0 radical (unpaired) electrons. The summed E-state index contributed by atoms with van der Waals surface area (Å²) in [6.45, 7) is 5.05. The van der Waals surface area contributed by atoms with Crippen LogP contribution in [0.15, 0.2) is 0 Å². The zero-order valence-electron chi connectivity index (χ0n) is 13.6. The van der Waals surface area contributed by atoms with Crippen molar-refractivity contribution in [3.05, 3.63) is 0 Å². The molecule has 0 spiro atoms. The molecule has 0 unspecified atom stereocenters. The second kappa shape index (κ2) is 7.81. The summed E-state index contributed by atoms with van der Waals surface area (Å²) in [4.78, 5) is 18.0. The Hall–Kier alpha value is -0.860. The maximum Gasteiger partial charge on any atom is 0.415 e. The van der Waals surface area contributed by atoms with E-state index in [-0.39, 0.29) is 11.9 Å². The molecule has 2 heterocycles. The first-order valence-electron chi connectivity index (χ1n) is 8.29. The highest BCUT2D eigenvalue weighted by molar-refractivity contribution is 5.81. The molecule has 0 aromatic rings. The lowest BCUT2D eigenvalue weighted by atomic mass is 10.1. The van der Waals surface area contributed by atoms with Gasteiger partial charge in [-0.25, -0.2) is 0 Å². The maximum absolute atomic E-state index is 12.5. The summed E-state index contributed by atoms with van der Waals surface area (Å²) < 4.78 is 37.2. The number of carbonyl (C=O) groups excluding carboxylic acids is 1. The molecule has 2 atom stereocenters. The van der Waals surface area contributed by atoms with Gasteiger partial charge in [0, 0.05) is 45.8 Å². The van der Waals surface area contributed by atoms with Gasteiger partial charge in [0.2, 0.25) is 5.91 Å². The molecule has 0 saturated carbocycles. The van der Waals surface area contributed by atoms with Crippen LogP contribution in [0, 0.1) is 0 Å². The van der Waals surface area contributed by atoms with Crippen LogP contribution in [0.25, 0.3) is 0 Å². The minimum absolute atomic E-state index is 0.119. The molecule has 0 aliphatic carbocycles. The largest absolute Gasteiger partial charge is 0.415 e. The summed E-state index contributed by atoms with van der Waals surface area (Å²) in [5.74, 6) is 0.119. The average Bonchev–Trinajstić information content (AvgIpc) is 2.54. The number of carbonyl (C=O) groups is 1. The molecular weight excluding hydrogens is 311 g/mol. The lowest BCUT2D eigenvalue weighted by Gasteiger charge is -2.40. The Morgan fingerprint density at radius 3 is 2.13 bits per heavy atom. The fourth-order valence-corrected chi connectivity index (χ4v) is 3.22. The van der Waals surface area contributed by atoms with Gasteiger partial charge in [-0.1, -0.05) is 0 Å². The van der Waals surface area contributed by atoms with Crippen LogP contribution in [0.4, 0.5) is 13.2 Å². The predicted octanol–water partition coefficient (Wildman–Crippen LogP) is 0.928. The Bertz CT molecular complexity index is 392. The van der Waals surface area contributed by atoms with Crippen molar-refractivity contribution in [3.8, 4) is 0 Å². The van der Waals surface area contributed by atoms with Gasteiger partial charge in [0.1, 0.15) is 0 Å². The lowest BCUT2D eigenvalue weighted by Crippen LogP contribution is -2.56. The molecule has 0 aromatic carbocycles. The highest BCUT2D eigenvalue weighted by atomic mass is 19.4. The number of aliphatic hydroxyl groups is 1. The molecule has 2 saturated heterocycles. The normalized spacial score (nSPS) is 24.5. The molecule has 2 rings (SSSR count). The average molecular weight is 337 g/mol. The van der Waals surface area contributed by atoms with Gasteiger partial charge in [-0.3, -0.25) is 14.6 Å².